The molecular formula is C21H25N3O2S. The summed E-state index contributed by atoms with van der Waals surface area (Å²) in [6.07, 6.45) is 0.839. The molecule has 1 aliphatic heterocycles. The molecule has 1 fully saturated rings. The van der Waals surface area contributed by atoms with Gasteiger partial charge in [0, 0.05) is 19.6 Å². The van der Waals surface area contributed by atoms with E-state index in [1.165, 1.54) is 17.3 Å². The van der Waals surface area contributed by atoms with Crippen LogP contribution in [0.25, 0.3) is 0 Å². The Labute approximate surface area is 164 Å². The highest BCUT2D eigenvalue weighted by molar-refractivity contribution is 8.14. The highest BCUT2D eigenvalue weighted by atomic mass is 32.2. The van der Waals surface area contributed by atoms with E-state index in [0.29, 0.717) is 25.5 Å². The normalized spacial score (nSPS) is 14.8. The van der Waals surface area contributed by atoms with Gasteiger partial charge in [-0.05, 0) is 24.1 Å². The van der Waals surface area contributed by atoms with Crippen molar-refractivity contribution in [2.45, 2.75) is 6.42 Å². The van der Waals surface area contributed by atoms with Gasteiger partial charge in [-0.25, -0.2) is 4.99 Å². The molecule has 6 heteroatoms. The predicted octanol–water partition coefficient (Wildman–Crippen LogP) is 3.10. The second-order valence-corrected chi connectivity index (χ2v) is 7.15. The number of hydrogen-bond donors (Lipinski definition) is 1. The minimum absolute atomic E-state index is 0.0324. The monoisotopic (exact) mass is 383 g/mol. The van der Waals surface area contributed by atoms with E-state index in [1.54, 1.807) is 0 Å². The number of nitrogens with one attached hydrogen (secondary N) is 1. The molecule has 5 nitrogen and oxygen atoms in total. The average molecular weight is 384 g/mol. The lowest BCUT2D eigenvalue weighted by molar-refractivity contribution is -0.118. The third-order valence-electron chi connectivity index (χ3n) is 4.17. The number of ether oxygens (including phenoxy) is 1. The van der Waals surface area contributed by atoms with Crippen molar-refractivity contribution in [1.82, 2.24) is 10.2 Å². The Hall–Kier alpha value is -2.31. The van der Waals surface area contributed by atoms with E-state index in [2.05, 4.69) is 22.3 Å². The molecule has 0 aliphatic carbocycles. The van der Waals surface area contributed by atoms with Crippen molar-refractivity contribution in [1.29, 1.82) is 0 Å². The Bertz CT molecular complexity index is 732. The lowest BCUT2D eigenvalue weighted by Gasteiger charge is -2.29. The van der Waals surface area contributed by atoms with Crippen LogP contribution in [0.3, 0.4) is 0 Å². The smallest absolute Gasteiger partial charge is 0.230 e. The van der Waals surface area contributed by atoms with Crippen LogP contribution >= 0.6 is 11.8 Å². The van der Waals surface area contributed by atoms with Gasteiger partial charge < -0.3 is 15.0 Å². The summed E-state index contributed by atoms with van der Waals surface area (Å²) < 4.78 is 5.44. The quantitative estimate of drug-likeness (QED) is 0.615. The van der Waals surface area contributed by atoms with E-state index < -0.39 is 0 Å². The molecular weight excluding hydrogens is 358 g/mol. The first kappa shape index (κ1) is 19.5. The molecule has 2 aromatic rings. The van der Waals surface area contributed by atoms with Crippen molar-refractivity contribution in [3.63, 3.8) is 0 Å². The molecule has 2 aromatic carbocycles. The van der Waals surface area contributed by atoms with Gasteiger partial charge in [0.1, 0.15) is 0 Å². The number of nitrogens with zero attached hydrogens (tertiary/aromatic N) is 2. The standard InChI is InChI=1S/C21H25N3O2S/c25-20(22-12-11-18-7-3-1-4-8-18)17-27-21(24-13-15-26-16-14-24)23-19-9-5-2-6-10-19/h1-10H,11-17H2,(H,22,25). The van der Waals surface area contributed by atoms with Crippen molar-refractivity contribution >= 4 is 28.5 Å². The molecule has 0 atom stereocenters. The number of carbonyl (C=O) groups excluding carboxylic acids is 1. The summed E-state index contributed by atoms with van der Waals surface area (Å²) in [5.41, 5.74) is 2.13. The van der Waals surface area contributed by atoms with Crippen LogP contribution in [-0.2, 0) is 16.0 Å². The number of aliphatic imine (C=N–C) groups is 1. The lowest BCUT2D eigenvalue weighted by atomic mass is 10.1. The second-order valence-electron chi connectivity index (χ2n) is 6.20. The molecule has 0 aromatic heterocycles. The molecule has 27 heavy (non-hydrogen) atoms. The lowest BCUT2D eigenvalue weighted by Crippen LogP contribution is -2.40. The fourth-order valence-electron chi connectivity index (χ4n) is 2.73. The maximum Gasteiger partial charge on any atom is 0.230 e. The third-order valence-corrected chi connectivity index (χ3v) is 5.19. The second kappa shape index (κ2) is 10.7. The van der Waals surface area contributed by atoms with E-state index in [0.717, 1.165) is 30.4 Å². The Morgan fingerprint density at radius 1 is 1.04 bits per heavy atom. The van der Waals surface area contributed by atoms with Crippen LogP contribution in [-0.4, -0.2) is 54.6 Å². The first-order valence-corrected chi connectivity index (χ1v) is 10.2. The van der Waals surface area contributed by atoms with Gasteiger partial charge in [-0.1, -0.05) is 60.3 Å². The summed E-state index contributed by atoms with van der Waals surface area (Å²) in [6.45, 7) is 3.63. The zero-order chi connectivity index (χ0) is 18.7. The summed E-state index contributed by atoms with van der Waals surface area (Å²) in [5, 5.41) is 3.87. The number of rotatable bonds is 6. The Morgan fingerprint density at radius 3 is 2.41 bits per heavy atom. The van der Waals surface area contributed by atoms with E-state index in [4.69, 9.17) is 9.73 Å². The van der Waals surface area contributed by atoms with Gasteiger partial charge in [0.15, 0.2) is 5.17 Å². The average Bonchev–Trinajstić information content (AvgIpc) is 2.73. The summed E-state index contributed by atoms with van der Waals surface area (Å²) in [6, 6.07) is 20.0. The fraction of sp³-hybridized carbons (Fsp3) is 0.333. The zero-order valence-corrected chi connectivity index (χ0v) is 16.2. The summed E-state index contributed by atoms with van der Waals surface area (Å²) in [7, 11) is 0. The first-order valence-electron chi connectivity index (χ1n) is 9.21. The van der Waals surface area contributed by atoms with Gasteiger partial charge in [-0.3, -0.25) is 4.79 Å². The van der Waals surface area contributed by atoms with Crippen LogP contribution in [0.4, 0.5) is 5.69 Å². The van der Waals surface area contributed by atoms with Gasteiger partial charge in [-0.15, -0.1) is 0 Å². The third kappa shape index (κ3) is 6.73. The molecule has 1 amide bonds. The zero-order valence-electron chi connectivity index (χ0n) is 15.3. The fourth-order valence-corrected chi connectivity index (χ4v) is 3.63. The van der Waals surface area contributed by atoms with Gasteiger partial charge in [0.25, 0.3) is 0 Å². The predicted molar refractivity (Wildman–Crippen MR) is 112 cm³/mol. The Morgan fingerprint density at radius 2 is 1.70 bits per heavy atom. The number of thioether (sulfide) groups is 1. The summed E-state index contributed by atoms with van der Waals surface area (Å²) in [5.74, 6) is 0.391. The topological polar surface area (TPSA) is 53.9 Å². The number of benzene rings is 2. The number of amidine groups is 1. The molecule has 0 saturated carbocycles. The van der Waals surface area contributed by atoms with Crippen LogP contribution in [0.2, 0.25) is 0 Å². The van der Waals surface area contributed by atoms with Gasteiger partial charge >= 0.3 is 0 Å². The van der Waals surface area contributed by atoms with E-state index in [1.807, 2.05) is 48.5 Å². The minimum atomic E-state index is 0.0324. The van der Waals surface area contributed by atoms with E-state index >= 15 is 0 Å². The molecule has 0 spiro atoms. The van der Waals surface area contributed by atoms with Crippen molar-refractivity contribution in [3.8, 4) is 0 Å². The molecule has 1 N–H and O–H groups in total. The summed E-state index contributed by atoms with van der Waals surface area (Å²) >= 11 is 1.49. The van der Waals surface area contributed by atoms with Crippen molar-refractivity contribution in [3.05, 3.63) is 66.2 Å². The van der Waals surface area contributed by atoms with Gasteiger partial charge in [0.2, 0.25) is 5.91 Å². The van der Waals surface area contributed by atoms with Crippen LogP contribution in [0.1, 0.15) is 5.56 Å². The molecule has 142 valence electrons. The Kier molecular flexibility index (Phi) is 7.74. The largest absolute Gasteiger partial charge is 0.378 e. The number of carbonyl (C=O) groups is 1. The molecule has 0 radical (unpaired) electrons. The van der Waals surface area contributed by atoms with Crippen LogP contribution in [0.15, 0.2) is 65.7 Å². The highest BCUT2D eigenvalue weighted by Crippen LogP contribution is 2.18. The maximum atomic E-state index is 12.2. The number of morpholine rings is 1. The maximum absolute atomic E-state index is 12.2. The van der Waals surface area contributed by atoms with Crippen molar-refractivity contribution in [2.75, 3.05) is 38.6 Å². The highest BCUT2D eigenvalue weighted by Gasteiger charge is 2.17. The molecule has 1 saturated heterocycles. The minimum Gasteiger partial charge on any atom is -0.378 e. The van der Waals surface area contributed by atoms with Gasteiger partial charge in [-0.2, -0.15) is 0 Å². The number of hydrogen-bond acceptors (Lipinski definition) is 4. The SMILES string of the molecule is O=C(CSC(=Nc1ccccc1)N1CCOCC1)NCCc1ccccc1. The first-order chi connectivity index (χ1) is 13.3. The van der Waals surface area contributed by atoms with Crippen LogP contribution < -0.4 is 5.32 Å². The summed E-state index contributed by atoms with van der Waals surface area (Å²) in [4.78, 5) is 19.2. The Balaban J connectivity index is 1.52. The van der Waals surface area contributed by atoms with Crippen LogP contribution in [0, 0.1) is 0 Å². The van der Waals surface area contributed by atoms with Gasteiger partial charge in [0.05, 0.1) is 24.7 Å². The van der Waals surface area contributed by atoms with E-state index in [9.17, 15) is 4.79 Å². The number of para-hydroxylation sites is 1. The van der Waals surface area contributed by atoms with Crippen molar-refractivity contribution < 1.29 is 9.53 Å². The molecule has 0 unspecified atom stereocenters. The molecule has 1 heterocycles. The number of amides is 1. The molecule has 0 bridgehead atoms. The molecule has 3 rings (SSSR count). The van der Waals surface area contributed by atoms with E-state index in [-0.39, 0.29) is 5.91 Å². The van der Waals surface area contributed by atoms with Crippen molar-refractivity contribution in [2.24, 2.45) is 4.99 Å². The molecule has 1 aliphatic rings. The van der Waals surface area contributed by atoms with Crippen LogP contribution in [0.5, 0.6) is 0 Å².